The molecule has 5 rings (SSSR count). The van der Waals surface area contributed by atoms with Crippen molar-refractivity contribution in [1.29, 1.82) is 0 Å². The summed E-state index contributed by atoms with van der Waals surface area (Å²) in [6, 6.07) is 20.4. The number of hydrogen-bond acceptors (Lipinski definition) is 2. The Morgan fingerprint density at radius 2 is 1.58 bits per heavy atom. The molecule has 0 saturated carbocycles. The Morgan fingerprint density at radius 3 is 2.30 bits per heavy atom. The van der Waals surface area contributed by atoms with Crippen LogP contribution in [-0.2, 0) is 10.7 Å². The van der Waals surface area contributed by atoms with Crippen LogP contribution in [0.2, 0.25) is 17.3 Å². The first-order chi connectivity index (χ1) is 15.5. The van der Waals surface area contributed by atoms with Gasteiger partial charge >= 0.3 is 199 Å². The molecule has 3 heteroatoms. The van der Waals surface area contributed by atoms with Gasteiger partial charge in [-0.15, -0.1) is 0 Å². The number of fused-ring (bicyclic) bond motifs is 4. The van der Waals surface area contributed by atoms with Gasteiger partial charge in [0.15, 0.2) is 0 Å². The summed E-state index contributed by atoms with van der Waals surface area (Å²) in [5, 5.41) is 6.61. The third kappa shape index (κ3) is 4.13. The zero-order valence-corrected chi connectivity index (χ0v) is 23.8. The standard InChI is InChI=1S/C30H33GeNS/c1-19-21(18-31(5,6)7)12-13-24-25-14-15-32-27(29(25)33-28(19)24)22-16-20-10-8-9-11-23(20)26(17-22)30(2,3)4/h8-17H,18H2,1-7H3. The zero-order valence-electron chi connectivity index (χ0n) is 20.8. The van der Waals surface area contributed by atoms with Gasteiger partial charge in [0.25, 0.3) is 0 Å². The van der Waals surface area contributed by atoms with Crippen LogP contribution in [0.25, 0.3) is 42.2 Å². The molecule has 0 aliphatic carbocycles. The van der Waals surface area contributed by atoms with Crippen LogP contribution in [0.4, 0.5) is 0 Å². The van der Waals surface area contributed by atoms with Crippen molar-refractivity contribution in [3.8, 4) is 11.3 Å². The molecule has 5 aromatic rings. The van der Waals surface area contributed by atoms with Gasteiger partial charge in [0, 0.05) is 0 Å². The van der Waals surface area contributed by atoms with E-state index in [2.05, 4.69) is 99.6 Å². The normalized spacial score (nSPS) is 12.8. The van der Waals surface area contributed by atoms with E-state index in [1.165, 1.54) is 58.5 Å². The van der Waals surface area contributed by atoms with Gasteiger partial charge in [-0.1, -0.05) is 6.07 Å². The number of nitrogens with zero attached hydrogens (tertiary/aromatic N) is 1. The number of thiophene rings is 1. The van der Waals surface area contributed by atoms with Gasteiger partial charge in [0.2, 0.25) is 0 Å². The minimum absolute atomic E-state index is 0.0629. The fourth-order valence-electron chi connectivity index (χ4n) is 4.98. The predicted molar refractivity (Wildman–Crippen MR) is 151 cm³/mol. The van der Waals surface area contributed by atoms with E-state index in [9.17, 15) is 0 Å². The maximum absolute atomic E-state index is 4.93. The van der Waals surface area contributed by atoms with Gasteiger partial charge in [0.1, 0.15) is 0 Å². The average molecular weight is 512 g/mol. The number of benzene rings is 3. The summed E-state index contributed by atoms with van der Waals surface area (Å²) in [4.78, 5) is 4.93. The molecule has 2 heterocycles. The summed E-state index contributed by atoms with van der Waals surface area (Å²) in [5.41, 5.74) is 6.78. The Labute approximate surface area is 204 Å². The first-order valence-corrected chi connectivity index (χ1v) is 20.5. The van der Waals surface area contributed by atoms with Crippen molar-refractivity contribution in [3.63, 3.8) is 0 Å². The Bertz CT molecular complexity index is 1510. The number of rotatable bonds is 3. The van der Waals surface area contributed by atoms with Gasteiger partial charge in [-0.05, 0) is 0 Å². The number of hydrogen-bond donors (Lipinski definition) is 0. The van der Waals surface area contributed by atoms with E-state index >= 15 is 0 Å². The Hall–Kier alpha value is -2.17. The van der Waals surface area contributed by atoms with Gasteiger partial charge in [-0.25, -0.2) is 0 Å². The van der Waals surface area contributed by atoms with E-state index in [1.54, 1.807) is 0 Å². The topological polar surface area (TPSA) is 12.9 Å². The van der Waals surface area contributed by atoms with Crippen molar-refractivity contribution in [2.24, 2.45) is 0 Å². The first-order valence-electron chi connectivity index (χ1n) is 11.9. The Morgan fingerprint density at radius 1 is 0.848 bits per heavy atom. The Balaban J connectivity index is 1.78. The molecule has 0 atom stereocenters. The van der Waals surface area contributed by atoms with Crippen LogP contribution >= 0.6 is 11.3 Å². The van der Waals surface area contributed by atoms with Crippen molar-refractivity contribution >= 4 is 55.5 Å². The minimum atomic E-state index is -1.69. The van der Waals surface area contributed by atoms with Gasteiger partial charge in [-0.3, -0.25) is 0 Å². The summed E-state index contributed by atoms with van der Waals surface area (Å²) >= 11 is 0.241. The van der Waals surface area contributed by atoms with Gasteiger partial charge in [-0.2, -0.15) is 0 Å². The average Bonchev–Trinajstić information content (AvgIpc) is 3.13. The second-order valence-corrected chi connectivity index (χ2v) is 24.1. The van der Waals surface area contributed by atoms with E-state index < -0.39 is 13.3 Å². The summed E-state index contributed by atoms with van der Waals surface area (Å²) < 4.78 is 2.74. The quantitative estimate of drug-likeness (QED) is 0.220. The van der Waals surface area contributed by atoms with Crippen molar-refractivity contribution in [3.05, 3.63) is 77.5 Å². The molecular formula is C30H33GeNS. The van der Waals surface area contributed by atoms with Crippen LogP contribution in [0.3, 0.4) is 0 Å². The zero-order chi connectivity index (χ0) is 23.5. The van der Waals surface area contributed by atoms with E-state index in [0.717, 1.165) is 5.69 Å². The van der Waals surface area contributed by atoms with Gasteiger partial charge in [0.05, 0.1) is 0 Å². The summed E-state index contributed by atoms with van der Waals surface area (Å²) in [5.74, 6) is 7.51. The molecule has 0 spiro atoms. The van der Waals surface area contributed by atoms with Gasteiger partial charge < -0.3 is 0 Å². The molecule has 0 unspecified atom stereocenters. The molecule has 1 nitrogen and oxygen atoms in total. The molecule has 0 saturated heterocycles. The fraction of sp³-hybridized carbons (Fsp3) is 0.300. The molecule has 0 fully saturated rings. The van der Waals surface area contributed by atoms with Crippen LogP contribution in [0.15, 0.2) is 60.8 Å². The maximum atomic E-state index is 4.93. The summed E-state index contributed by atoms with van der Waals surface area (Å²) in [6.45, 7) is 9.23. The molecule has 0 aliphatic rings. The van der Waals surface area contributed by atoms with E-state index in [4.69, 9.17) is 4.98 Å². The van der Waals surface area contributed by atoms with Crippen molar-refractivity contribution in [1.82, 2.24) is 4.98 Å². The number of pyridine rings is 1. The molecule has 0 amide bonds. The van der Waals surface area contributed by atoms with Crippen LogP contribution < -0.4 is 0 Å². The van der Waals surface area contributed by atoms with E-state index in [1.807, 2.05) is 17.5 Å². The third-order valence-corrected chi connectivity index (χ3v) is 11.0. The number of aryl methyl sites for hydroxylation is 1. The first kappa shape index (κ1) is 22.6. The van der Waals surface area contributed by atoms with Crippen molar-refractivity contribution in [2.75, 3.05) is 0 Å². The molecule has 0 N–H and O–H groups in total. The van der Waals surface area contributed by atoms with Crippen LogP contribution in [0.5, 0.6) is 0 Å². The third-order valence-electron chi connectivity index (χ3n) is 6.58. The summed E-state index contributed by atoms with van der Waals surface area (Å²) in [6.07, 6.45) is 1.99. The predicted octanol–water partition coefficient (Wildman–Crippen LogP) is 9.30. The van der Waals surface area contributed by atoms with Crippen LogP contribution in [-0.4, -0.2) is 18.3 Å². The Kier molecular flexibility index (Phi) is 5.45. The molecule has 0 radical (unpaired) electrons. The monoisotopic (exact) mass is 513 g/mol. The molecular weight excluding hydrogens is 479 g/mol. The van der Waals surface area contributed by atoms with E-state index in [-0.39, 0.29) is 5.41 Å². The SMILES string of the molecule is Cc1c([CH2][Ge]([CH3])([CH3])[CH3])ccc2c1sc1c(-c3cc(C(C)(C)C)c4ccccc4c3)nccc12. The molecule has 2 aromatic heterocycles. The van der Waals surface area contributed by atoms with Crippen LogP contribution in [0.1, 0.15) is 37.5 Å². The molecule has 33 heavy (non-hydrogen) atoms. The second-order valence-electron chi connectivity index (χ2n) is 11.6. The van der Waals surface area contributed by atoms with Crippen molar-refractivity contribution < 1.29 is 0 Å². The fourth-order valence-corrected chi connectivity index (χ4v) is 9.51. The summed E-state index contributed by atoms with van der Waals surface area (Å²) in [7, 11) is 0. The molecule has 0 bridgehead atoms. The van der Waals surface area contributed by atoms with E-state index in [0.29, 0.717) is 0 Å². The molecule has 0 aliphatic heterocycles. The second kappa shape index (κ2) is 7.96. The molecule has 168 valence electrons. The van der Waals surface area contributed by atoms with Crippen molar-refractivity contribution in [2.45, 2.75) is 55.6 Å². The molecule has 3 aromatic carbocycles. The van der Waals surface area contributed by atoms with Crippen LogP contribution in [0, 0.1) is 6.92 Å². The number of aromatic nitrogens is 1.